The van der Waals surface area contributed by atoms with E-state index in [0.717, 1.165) is 31.0 Å². The molecule has 0 aliphatic heterocycles. The summed E-state index contributed by atoms with van der Waals surface area (Å²) in [4.78, 5) is 16.7. The van der Waals surface area contributed by atoms with E-state index in [2.05, 4.69) is 20.5 Å². The Morgan fingerprint density at radius 2 is 1.94 bits per heavy atom. The Bertz CT molecular complexity index is 1220. The first-order valence-electron chi connectivity index (χ1n) is 11.2. The molecule has 2 heterocycles. The highest BCUT2D eigenvalue weighted by atomic mass is 35.5. The molecule has 0 spiro atoms. The molecule has 4 aliphatic carbocycles. The minimum atomic E-state index is -0.589. The molecular weight excluding hydrogens is 463 g/mol. The maximum Gasteiger partial charge on any atom is 0.258 e. The average Bonchev–Trinajstić information content (AvgIpc) is 3.53. The van der Waals surface area contributed by atoms with Crippen molar-refractivity contribution >= 4 is 17.5 Å². The summed E-state index contributed by atoms with van der Waals surface area (Å²) in [5.74, 6) is 1.67. The van der Waals surface area contributed by atoms with Crippen molar-refractivity contribution in [3.05, 3.63) is 64.8 Å². The van der Waals surface area contributed by atoms with Crippen LogP contribution in [0.25, 0.3) is 0 Å². The summed E-state index contributed by atoms with van der Waals surface area (Å²) in [7, 11) is 0. The van der Waals surface area contributed by atoms with Crippen LogP contribution in [0.15, 0.2) is 40.9 Å². The third-order valence-electron chi connectivity index (χ3n) is 6.73. The highest BCUT2D eigenvalue weighted by Crippen LogP contribution is 2.67. The molecule has 2 aromatic heterocycles. The van der Waals surface area contributed by atoms with Crippen LogP contribution in [-0.2, 0) is 16.8 Å². The molecule has 4 fully saturated rings. The van der Waals surface area contributed by atoms with Crippen molar-refractivity contribution in [1.82, 2.24) is 20.5 Å². The summed E-state index contributed by atoms with van der Waals surface area (Å²) in [6, 6.07) is 7.98. The standard InChI is InChI=1S/C24H22ClFN4O4/c25-17-5-3-15(7-18(17)26)32-9-20(31)28-24-11-23(12-24,13-24)22-30-29-21(34-22)10-33-16-4-6-19(27-8-16)14-1-2-14/h3-8,14H,1-2,9-13H2,(H,28,31). The fourth-order valence-corrected chi connectivity index (χ4v) is 5.08. The van der Waals surface area contributed by atoms with E-state index >= 15 is 0 Å². The second-order valence-corrected chi connectivity index (χ2v) is 9.89. The number of aromatic nitrogens is 3. The molecular formula is C24H22ClFN4O4. The van der Waals surface area contributed by atoms with Crippen molar-refractivity contribution in [2.75, 3.05) is 6.61 Å². The highest BCUT2D eigenvalue weighted by molar-refractivity contribution is 6.30. The number of carbonyl (C=O) groups excluding carboxylic acids is 1. The molecule has 1 amide bonds. The van der Waals surface area contributed by atoms with Crippen molar-refractivity contribution in [2.45, 2.75) is 55.6 Å². The summed E-state index contributed by atoms with van der Waals surface area (Å²) >= 11 is 5.65. The SMILES string of the molecule is O=C(COc1ccc(Cl)c(F)c1)NC12CC(c3nnc(COc4ccc(C5CC5)nc4)o3)(C1)C2. The molecule has 10 heteroatoms. The summed E-state index contributed by atoms with van der Waals surface area (Å²) in [5, 5.41) is 11.3. The number of hydrogen-bond acceptors (Lipinski definition) is 7. The van der Waals surface area contributed by atoms with Crippen LogP contribution in [0.4, 0.5) is 4.39 Å². The summed E-state index contributed by atoms with van der Waals surface area (Å²) in [6.07, 6.45) is 6.35. The van der Waals surface area contributed by atoms with E-state index < -0.39 is 5.82 Å². The number of hydrogen-bond donors (Lipinski definition) is 1. The van der Waals surface area contributed by atoms with E-state index in [1.807, 2.05) is 12.1 Å². The van der Waals surface area contributed by atoms with Gasteiger partial charge in [-0.05, 0) is 56.4 Å². The van der Waals surface area contributed by atoms with Gasteiger partial charge in [0.2, 0.25) is 5.89 Å². The Kier molecular flexibility index (Phi) is 4.98. The number of ether oxygens (including phenoxy) is 2. The number of nitrogens with one attached hydrogen (secondary N) is 1. The molecule has 4 aliphatic rings. The van der Waals surface area contributed by atoms with Gasteiger partial charge in [-0.1, -0.05) is 11.6 Å². The van der Waals surface area contributed by atoms with Gasteiger partial charge in [-0.2, -0.15) is 0 Å². The Labute approximate surface area is 199 Å². The van der Waals surface area contributed by atoms with Crippen LogP contribution in [0.5, 0.6) is 11.5 Å². The van der Waals surface area contributed by atoms with Gasteiger partial charge in [-0.25, -0.2) is 4.39 Å². The van der Waals surface area contributed by atoms with E-state index in [0.29, 0.717) is 23.4 Å². The van der Waals surface area contributed by atoms with Gasteiger partial charge >= 0.3 is 0 Å². The fraction of sp³-hybridized carbons (Fsp3) is 0.417. The lowest BCUT2D eigenvalue weighted by molar-refractivity contribution is -0.143. The van der Waals surface area contributed by atoms with E-state index in [1.54, 1.807) is 6.20 Å². The molecule has 7 rings (SSSR count). The quantitative estimate of drug-likeness (QED) is 0.488. The van der Waals surface area contributed by atoms with Crippen LogP contribution in [0.2, 0.25) is 5.02 Å². The third-order valence-corrected chi connectivity index (χ3v) is 7.04. The first-order chi connectivity index (χ1) is 16.4. The van der Waals surface area contributed by atoms with Crippen molar-refractivity contribution < 1.29 is 23.1 Å². The lowest BCUT2D eigenvalue weighted by atomic mass is 9.39. The predicted octanol–water partition coefficient (Wildman–Crippen LogP) is 4.08. The molecule has 34 heavy (non-hydrogen) atoms. The van der Waals surface area contributed by atoms with Crippen LogP contribution >= 0.6 is 11.6 Å². The number of amides is 1. The Balaban J connectivity index is 0.971. The van der Waals surface area contributed by atoms with Gasteiger partial charge in [0.1, 0.15) is 17.3 Å². The number of halogens is 2. The Morgan fingerprint density at radius 1 is 1.15 bits per heavy atom. The third kappa shape index (κ3) is 3.98. The van der Waals surface area contributed by atoms with E-state index in [4.69, 9.17) is 25.5 Å². The van der Waals surface area contributed by atoms with Gasteiger partial charge in [-0.3, -0.25) is 9.78 Å². The molecule has 1 aromatic carbocycles. The molecule has 1 N–H and O–H groups in total. The zero-order valence-electron chi connectivity index (χ0n) is 18.2. The molecule has 2 bridgehead atoms. The van der Waals surface area contributed by atoms with Gasteiger partial charge in [0.25, 0.3) is 11.8 Å². The smallest absolute Gasteiger partial charge is 0.258 e. The summed E-state index contributed by atoms with van der Waals surface area (Å²) in [6.45, 7) is -0.0214. The van der Waals surface area contributed by atoms with E-state index in [1.165, 1.54) is 25.0 Å². The molecule has 3 aromatic rings. The lowest BCUT2D eigenvalue weighted by Crippen LogP contribution is -2.77. The molecule has 4 saturated carbocycles. The first-order valence-corrected chi connectivity index (χ1v) is 11.6. The van der Waals surface area contributed by atoms with Gasteiger partial charge in [0.15, 0.2) is 13.2 Å². The monoisotopic (exact) mass is 484 g/mol. The van der Waals surface area contributed by atoms with Crippen molar-refractivity contribution in [2.24, 2.45) is 0 Å². The lowest BCUT2D eigenvalue weighted by Gasteiger charge is -2.68. The topological polar surface area (TPSA) is 99.4 Å². The second kappa shape index (κ2) is 7.94. The second-order valence-electron chi connectivity index (χ2n) is 9.49. The first kappa shape index (κ1) is 21.3. The normalized spacial score (nSPS) is 24.6. The zero-order valence-corrected chi connectivity index (χ0v) is 19.0. The van der Waals surface area contributed by atoms with Gasteiger partial charge < -0.3 is 19.2 Å². The van der Waals surface area contributed by atoms with Crippen LogP contribution in [-0.4, -0.2) is 33.2 Å². The highest BCUT2D eigenvalue weighted by Gasteiger charge is 2.71. The van der Waals surface area contributed by atoms with Gasteiger partial charge in [-0.15, -0.1) is 10.2 Å². The molecule has 0 atom stereocenters. The number of nitrogens with zero attached hydrogens (tertiary/aromatic N) is 3. The molecule has 0 saturated heterocycles. The van der Waals surface area contributed by atoms with Crippen molar-refractivity contribution in [1.29, 1.82) is 0 Å². The number of benzene rings is 1. The predicted molar refractivity (Wildman–Crippen MR) is 118 cm³/mol. The van der Waals surface area contributed by atoms with Crippen LogP contribution in [0, 0.1) is 5.82 Å². The molecule has 176 valence electrons. The van der Waals surface area contributed by atoms with Crippen LogP contribution in [0.3, 0.4) is 0 Å². The maximum absolute atomic E-state index is 13.5. The fourth-order valence-electron chi connectivity index (χ4n) is 4.96. The van der Waals surface area contributed by atoms with Gasteiger partial charge in [0.05, 0.1) is 16.6 Å². The molecule has 0 radical (unpaired) electrons. The van der Waals surface area contributed by atoms with Crippen molar-refractivity contribution in [3.8, 4) is 11.5 Å². The van der Waals surface area contributed by atoms with E-state index in [-0.39, 0.29) is 40.8 Å². The number of carbonyl (C=O) groups is 1. The van der Waals surface area contributed by atoms with E-state index in [9.17, 15) is 9.18 Å². The summed E-state index contributed by atoms with van der Waals surface area (Å²) < 4.78 is 30.4. The minimum absolute atomic E-state index is 0.00578. The van der Waals surface area contributed by atoms with Crippen molar-refractivity contribution in [3.63, 3.8) is 0 Å². The number of rotatable bonds is 9. The minimum Gasteiger partial charge on any atom is -0.484 e. The Hall–Kier alpha value is -3.20. The zero-order chi connectivity index (χ0) is 23.3. The summed E-state index contributed by atoms with van der Waals surface area (Å²) in [5.41, 5.74) is 0.653. The molecule has 0 unspecified atom stereocenters. The van der Waals surface area contributed by atoms with Gasteiger partial charge in [0, 0.05) is 23.2 Å². The average molecular weight is 485 g/mol. The Morgan fingerprint density at radius 3 is 2.65 bits per heavy atom. The maximum atomic E-state index is 13.5. The molecule has 8 nitrogen and oxygen atoms in total. The number of pyridine rings is 1. The van der Waals surface area contributed by atoms with Crippen LogP contribution in [0.1, 0.15) is 55.5 Å². The largest absolute Gasteiger partial charge is 0.484 e. The van der Waals surface area contributed by atoms with Crippen LogP contribution < -0.4 is 14.8 Å².